The lowest BCUT2D eigenvalue weighted by molar-refractivity contribution is -0.135. The van der Waals surface area contributed by atoms with Gasteiger partial charge in [-0.2, -0.15) is 0 Å². The van der Waals surface area contributed by atoms with E-state index in [4.69, 9.17) is 4.74 Å². The Morgan fingerprint density at radius 2 is 1.86 bits per heavy atom. The van der Waals surface area contributed by atoms with Crippen molar-refractivity contribution in [1.82, 2.24) is 4.90 Å². The third kappa shape index (κ3) is 3.77. The van der Waals surface area contributed by atoms with Crippen molar-refractivity contribution in [2.24, 2.45) is 0 Å². The Balaban J connectivity index is 1.48. The molecule has 2 aliphatic heterocycles. The molecule has 0 aromatic heterocycles. The molecule has 3 rings (SSSR count). The molecule has 0 radical (unpaired) electrons. The van der Waals surface area contributed by atoms with Gasteiger partial charge in [-0.15, -0.1) is 0 Å². The predicted octanol–water partition coefficient (Wildman–Crippen LogP) is 2.43. The van der Waals surface area contributed by atoms with Crippen molar-refractivity contribution in [2.45, 2.75) is 31.8 Å². The van der Waals surface area contributed by atoms with Gasteiger partial charge in [-0.3, -0.25) is 4.79 Å². The summed E-state index contributed by atoms with van der Waals surface area (Å²) in [5.74, 6) is -0.0179. The SMILES string of the molecule is O=C(CC1CCCCO1)N1CCN(c2ccc(F)cc2)CC1. The Bertz CT molecular complexity index is 492. The molecule has 0 spiro atoms. The minimum atomic E-state index is -0.218. The van der Waals surface area contributed by atoms with Gasteiger partial charge >= 0.3 is 0 Å². The summed E-state index contributed by atoms with van der Waals surface area (Å²) in [7, 11) is 0. The number of carbonyl (C=O) groups is 1. The van der Waals surface area contributed by atoms with Gasteiger partial charge in [-0.05, 0) is 43.5 Å². The van der Waals surface area contributed by atoms with Crippen molar-refractivity contribution >= 4 is 11.6 Å². The lowest BCUT2D eigenvalue weighted by Gasteiger charge is -2.37. The first-order valence-corrected chi connectivity index (χ1v) is 8.12. The second-order valence-electron chi connectivity index (χ2n) is 6.04. The standard InChI is InChI=1S/C17H23FN2O2/c18-14-4-6-15(7-5-14)19-8-10-20(11-9-19)17(21)13-16-3-1-2-12-22-16/h4-7,16H,1-3,8-13H2. The first-order valence-electron chi connectivity index (χ1n) is 8.12. The van der Waals surface area contributed by atoms with Gasteiger partial charge in [0.15, 0.2) is 0 Å². The number of anilines is 1. The zero-order valence-electron chi connectivity index (χ0n) is 12.8. The fourth-order valence-electron chi connectivity index (χ4n) is 3.16. The zero-order chi connectivity index (χ0) is 15.4. The number of carbonyl (C=O) groups excluding carboxylic acids is 1. The van der Waals surface area contributed by atoms with Gasteiger partial charge in [0, 0.05) is 38.5 Å². The van der Waals surface area contributed by atoms with Crippen molar-refractivity contribution in [3.8, 4) is 0 Å². The van der Waals surface area contributed by atoms with Crippen LogP contribution in [0.4, 0.5) is 10.1 Å². The van der Waals surface area contributed by atoms with E-state index in [0.29, 0.717) is 6.42 Å². The lowest BCUT2D eigenvalue weighted by Crippen LogP contribution is -2.49. The average Bonchev–Trinajstić information content (AvgIpc) is 2.57. The van der Waals surface area contributed by atoms with E-state index in [1.165, 1.54) is 12.1 Å². The third-order valence-corrected chi connectivity index (χ3v) is 4.50. The molecule has 2 saturated heterocycles. The molecule has 1 aromatic rings. The van der Waals surface area contributed by atoms with Crippen LogP contribution in [0.15, 0.2) is 24.3 Å². The van der Waals surface area contributed by atoms with Crippen LogP contribution in [0.1, 0.15) is 25.7 Å². The highest BCUT2D eigenvalue weighted by Gasteiger charge is 2.25. The summed E-state index contributed by atoms with van der Waals surface area (Å²) in [6.07, 6.45) is 3.89. The highest BCUT2D eigenvalue weighted by atomic mass is 19.1. The minimum Gasteiger partial charge on any atom is -0.378 e. The van der Waals surface area contributed by atoms with E-state index in [2.05, 4.69) is 4.90 Å². The lowest BCUT2D eigenvalue weighted by atomic mass is 10.1. The molecule has 5 heteroatoms. The summed E-state index contributed by atoms with van der Waals surface area (Å²) in [5.41, 5.74) is 1.02. The van der Waals surface area contributed by atoms with E-state index in [1.807, 2.05) is 4.90 Å². The molecule has 4 nitrogen and oxygen atoms in total. The van der Waals surface area contributed by atoms with E-state index in [9.17, 15) is 9.18 Å². The molecule has 1 atom stereocenters. The largest absolute Gasteiger partial charge is 0.378 e. The minimum absolute atomic E-state index is 0.108. The molecule has 1 amide bonds. The maximum absolute atomic E-state index is 13.0. The van der Waals surface area contributed by atoms with E-state index in [1.54, 1.807) is 12.1 Å². The number of piperazine rings is 1. The number of halogens is 1. The Labute approximate surface area is 130 Å². The molecule has 0 N–H and O–H groups in total. The summed E-state index contributed by atoms with van der Waals surface area (Å²) in [6.45, 7) is 3.83. The summed E-state index contributed by atoms with van der Waals surface area (Å²) in [4.78, 5) is 16.5. The second-order valence-corrected chi connectivity index (χ2v) is 6.04. The molecule has 0 aliphatic carbocycles. The molecule has 0 saturated carbocycles. The second kappa shape index (κ2) is 7.09. The molecule has 1 unspecified atom stereocenters. The maximum Gasteiger partial charge on any atom is 0.225 e. The molecular formula is C17H23FN2O2. The van der Waals surface area contributed by atoms with Crippen molar-refractivity contribution in [1.29, 1.82) is 0 Å². The fourth-order valence-corrected chi connectivity index (χ4v) is 3.16. The number of rotatable bonds is 3. The quantitative estimate of drug-likeness (QED) is 0.860. The molecule has 2 fully saturated rings. The van der Waals surface area contributed by atoms with Crippen molar-refractivity contribution < 1.29 is 13.9 Å². The predicted molar refractivity (Wildman–Crippen MR) is 83.4 cm³/mol. The van der Waals surface area contributed by atoms with Crippen LogP contribution in [-0.2, 0) is 9.53 Å². The summed E-state index contributed by atoms with van der Waals surface area (Å²) in [5, 5.41) is 0. The maximum atomic E-state index is 13.0. The van der Waals surface area contributed by atoms with Crippen LogP contribution in [0.3, 0.4) is 0 Å². The molecule has 22 heavy (non-hydrogen) atoms. The fraction of sp³-hybridized carbons (Fsp3) is 0.588. The summed E-state index contributed by atoms with van der Waals surface area (Å²) >= 11 is 0. The van der Waals surface area contributed by atoms with Gasteiger partial charge in [0.25, 0.3) is 0 Å². The highest BCUT2D eigenvalue weighted by Crippen LogP contribution is 2.19. The van der Waals surface area contributed by atoms with Crippen LogP contribution < -0.4 is 4.90 Å². The number of hydrogen-bond acceptors (Lipinski definition) is 3. The smallest absolute Gasteiger partial charge is 0.225 e. The van der Waals surface area contributed by atoms with E-state index in [-0.39, 0.29) is 17.8 Å². The summed E-state index contributed by atoms with van der Waals surface area (Å²) in [6, 6.07) is 6.55. The number of amides is 1. The monoisotopic (exact) mass is 306 g/mol. The zero-order valence-corrected chi connectivity index (χ0v) is 12.8. The van der Waals surface area contributed by atoms with Gasteiger partial charge in [0.2, 0.25) is 5.91 Å². The first kappa shape index (κ1) is 15.3. The molecule has 2 heterocycles. The van der Waals surface area contributed by atoms with Gasteiger partial charge < -0.3 is 14.5 Å². The van der Waals surface area contributed by atoms with Crippen molar-refractivity contribution in [2.75, 3.05) is 37.7 Å². The van der Waals surface area contributed by atoms with Gasteiger partial charge in [-0.25, -0.2) is 4.39 Å². The Kier molecular flexibility index (Phi) is 4.93. The van der Waals surface area contributed by atoms with Gasteiger partial charge in [0.1, 0.15) is 5.82 Å². The van der Waals surface area contributed by atoms with E-state index >= 15 is 0 Å². The number of benzene rings is 1. The molecule has 1 aromatic carbocycles. The van der Waals surface area contributed by atoms with Crippen LogP contribution >= 0.6 is 0 Å². The average molecular weight is 306 g/mol. The van der Waals surface area contributed by atoms with E-state index < -0.39 is 0 Å². The van der Waals surface area contributed by atoms with Crippen LogP contribution in [-0.4, -0.2) is 49.7 Å². The van der Waals surface area contributed by atoms with Crippen LogP contribution in [0.25, 0.3) is 0 Å². The normalized spacial score (nSPS) is 22.7. The summed E-state index contributed by atoms with van der Waals surface area (Å²) < 4.78 is 18.6. The van der Waals surface area contributed by atoms with Crippen molar-refractivity contribution in [3.63, 3.8) is 0 Å². The van der Waals surface area contributed by atoms with Crippen LogP contribution in [0, 0.1) is 5.82 Å². The number of nitrogens with zero attached hydrogens (tertiary/aromatic N) is 2. The Hall–Kier alpha value is -1.62. The van der Waals surface area contributed by atoms with Gasteiger partial charge in [0.05, 0.1) is 12.5 Å². The van der Waals surface area contributed by atoms with Crippen LogP contribution in [0.2, 0.25) is 0 Å². The van der Waals surface area contributed by atoms with Crippen molar-refractivity contribution in [3.05, 3.63) is 30.1 Å². The van der Waals surface area contributed by atoms with Gasteiger partial charge in [-0.1, -0.05) is 0 Å². The number of hydrogen-bond donors (Lipinski definition) is 0. The molecule has 120 valence electrons. The molecule has 2 aliphatic rings. The first-order chi connectivity index (χ1) is 10.7. The van der Waals surface area contributed by atoms with Crippen LogP contribution in [0.5, 0.6) is 0 Å². The molecule has 0 bridgehead atoms. The molecular weight excluding hydrogens is 283 g/mol. The van der Waals surface area contributed by atoms with E-state index in [0.717, 1.165) is 57.7 Å². The highest BCUT2D eigenvalue weighted by molar-refractivity contribution is 5.77. The third-order valence-electron chi connectivity index (χ3n) is 4.50. The Morgan fingerprint density at radius 3 is 2.50 bits per heavy atom. The topological polar surface area (TPSA) is 32.8 Å². The Morgan fingerprint density at radius 1 is 1.14 bits per heavy atom. The number of ether oxygens (including phenoxy) is 1.